The average molecular weight is 210 g/mol. The minimum Gasteiger partial charge on any atom is -0.352 e. The van der Waals surface area contributed by atoms with Crippen molar-refractivity contribution in [3.05, 3.63) is 0 Å². The zero-order chi connectivity index (χ0) is 10.8. The molecule has 2 saturated heterocycles. The number of nitrogens with one attached hydrogen (secondary N) is 1. The average Bonchev–Trinajstić information content (AvgIpc) is 2.76. The van der Waals surface area contributed by atoms with Crippen molar-refractivity contribution in [1.29, 1.82) is 0 Å². The molecule has 2 aliphatic rings. The highest BCUT2D eigenvalue weighted by molar-refractivity contribution is 5.78. The maximum absolute atomic E-state index is 11.7. The number of fused-ring (bicyclic) bond motifs is 1. The fraction of sp³-hybridized carbons (Fsp3) is 0.917. The number of hydrogen-bond acceptors (Lipinski definition) is 2. The van der Waals surface area contributed by atoms with Crippen LogP contribution in [0.2, 0.25) is 0 Å². The predicted molar refractivity (Wildman–Crippen MR) is 60.6 cm³/mol. The molecule has 3 unspecified atom stereocenters. The van der Waals surface area contributed by atoms with Crippen LogP contribution in [0, 0.1) is 5.92 Å². The van der Waals surface area contributed by atoms with Gasteiger partial charge in [-0.15, -0.1) is 0 Å². The summed E-state index contributed by atoms with van der Waals surface area (Å²) < 4.78 is 0. The Morgan fingerprint density at radius 3 is 3.07 bits per heavy atom. The van der Waals surface area contributed by atoms with Crippen molar-refractivity contribution in [3.8, 4) is 0 Å². The van der Waals surface area contributed by atoms with Gasteiger partial charge in [-0.1, -0.05) is 13.8 Å². The molecular formula is C12H22N2O. The molecule has 1 amide bonds. The van der Waals surface area contributed by atoms with Crippen LogP contribution in [-0.4, -0.2) is 36.0 Å². The SMILES string of the molecule is CCC(C)C(=O)NC1CC2CCCN2C1. The fourth-order valence-electron chi connectivity index (χ4n) is 2.72. The molecule has 0 aromatic carbocycles. The maximum atomic E-state index is 11.7. The van der Waals surface area contributed by atoms with Crippen LogP contribution < -0.4 is 5.32 Å². The topological polar surface area (TPSA) is 32.3 Å². The minimum absolute atomic E-state index is 0.167. The fourth-order valence-corrected chi connectivity index (χ4v) is 2.72. The largest absolute Gasteiger partial charge is 0.352 e. The van der Waals surface area contributed by atoms with Crippen molar-refractivity contribution in [2.24, 2.45) is 5.92 Å². The Kier molecular flexibility index (Phi) is 3.29. The van der Waals surface area contributed by atoms with Gasteiger partial charge in [0.25, 0.3) is 0 Å². The molecule has 0 aliphatic carbocycles. The van der Waals surface area contributed by atoms with Gasteiger partial charge in [0.1, 0.15) is 0 Å². The van der Waals surface area contributed by atoms with Gasteiger partial charge in [0.05, 0.1) is 0 Å². The third-order valence-electron chi connectivity index (χ3n) is 3.92. The first-order valence-corrected chi connectivity index (χ1v) is 6.25. The molecule has 0 spiro atoms. The Labute approximate surface area is 92.2 Å². The normalized spacial score (nSPS) is 32.7. The third kappa shape index (κ3) is 2.33. The maximum Gasteiger partial charge on any atom is 0.223 e. The summed E-state index contributed by atoms with van der Waals surface area (Å²) in [6, 6.07) is 1.17. The predicted octanol–water partition coefficient (Wildman–Crippen LogP) is 1.39. The quantitative estimate of drug-likeness (QED) is 0.763. The number of carbonyl (C=O) groups is 1. The highest BCUT2D eigenvalue weighted by Gasteiger charge is 2.35. The Bertz CT molecular complexity index is 230. The van der Waals surface area contributed by atoms with Gasteiger partial charge in [0, 0.05) is 24.5 Å². The summed E-state index contributed by atoms with van der Waals surface area (Å²) in [6.07, 6.45) is 4.78. The lowest BCUT2D eigenvalue weighted by Crippen LogP contribution is -2.39. The van der Waals surface area contributed by atoms with Gasteiger partial charge in [-0.25, -0.2) is 0 Å². The van der Waals surface area contributed by atoms with E-state index < -0.39 is 0 Å². The molecule has 2 aliphatic heterocycles. The molecule has 15 heavy (non-hydrogen) atoms. The van der Waals surface area contributed by atoms with Crippen LogP contribution >= 0.6 is 0 Å². The van der Waals surface area contributed by atoms with Gasteiger partial charge in [-0.05, 0) is 32.2 Å². The van der Waals surface area contributed by atoms with E-state index >= 15 is 0 Å². The minimum atomic E-state index is 0.167. The third-order valence-corrected chi connectivity index (χ3v) is 3.92. The molecule has 86 valence electrons. The van der Waals surface area contributed by atoms with Crippen molar-refractivity contribution in [2.45, 2.75) is 51.6 Å². The lowest BCUT2D eigenvalue weighted by molar-refractivity contribution is -0.125. The van der Waals surface area contributed by atoms with E-state index in [1.807, 2.05) is 6.92 Å². The summed E-state index contributed by atoms with van der Waals surface area (Å²) in [6.45, 7) is 6.38. The highest BCUT2D eigenvalue weighted by atomic mass is 16.1. The molecule has 1 N–H and O–H groups in total. The number of carbonyl (C=O) groups excluding carboxylic acids is 1. The molecule has 2 heterocycles. The smallest absolute Gasteiger partial charge is 0.223 e. The second kappa shape index (κ2) is 4.52. The monoisotopic (exact) mass is 210 g/mol. The molecule has 0 saturated carbocycles. The molecule has 3 nitrogen and oxygen atoms in total. The van der Waals surface area contributed by atoms with E-state index in [9.17, 15) is 4.79 Å². The lowest BCUT2D eigenvalue weighted by atomic mass is 10.1. The molecular weight excluding hydrogens is 188 g/mol. The van der Waals surface area contributed by atoms with Gasteiger partial charge in [0.15, 0.2) is 0 Å². The highest BCUT2D eigenvalue weighted by Crippen LogP contribution is 2.27. The van der Waals surface area contributed by atoms with E-state index in [-0.39, 0.29) is 11.8 Å². The zero-order valence-electron chi connectivity index (χ0n) is 9.83. The second-order valence-corrected chi connectivity index (χ2v) is 5.04. The molecule has 3 atom stereocenters. The lowest BCUT2D eigenvalue weighted by Gasteiger charge is -2.16. The summed E-state index contributed by atoms with van der Waals surface area (Å²) >= 11 is 0. The van der Waals surface area contributed by atoms with E-state index in [2.05, 4.69) is 17.1 Å². The summed E-state index contributed by atoms with van der Waals surface area (Å²) in [7, 11) is 0. The van der Waals surface area contributed by atoms with Crippen LogP contribution in [0.5, 0.6) is 0 Å². The van der Waals surface area contributed by atoms with Gasteiger partial charge >= 0.3 is 0 Å². The summed E-state index contributed by atoms with van der Waals surface area (Å²) in [5, 5.41) is 3.18. The van der Waals surface area contributed by atoms with Crippen LogP contribution in [0.3, 0.4) is 0 Å². The molecule has 0 aromatic rings. The zero-order valence-corrected chi connectivity index (χ0v) is 9.83. The van der Waals surface area contributed by atoms with Gasteiger partial charge < -0.3 is 5.32 Å². The van der Waals surface area contributed by atoms with Crippen LogP contribution in [-0.2, 0) is 4.79 Å². The van der Waals surface area contributed by atoms with Crippen LogP contribution in [0.25, 0.3) is 0 Å². The summed E-state index contributed by atoms with van der Waals surface area (Å²) in [4.78, 5) is 14.2. The van der Waals surface area contributed by atoms with Gasteiger partial charge in [-0.2, -0.15) is 0 Å². The molecule has 2 rings (SSSR count). The number of nitrogens with zero attached hydrogens (tertiary/aromatic N) is 1. The van der Waals surface area contributed by atoms with Crippen molar-refractivity contribution in [2.75, 3.05) is 13.1 Å². The molecule has 0 aromatic heterocycles. The summed E-state index contributed by atoms with van der Waals surface area (Å²) in [5.74, 6) is 0.407. The first-order valence-electron chi connectivity index (χ1n) is 6.25. The standard InChI is InChI=1S/C12H22N2O/c1-3-9(2)12(15)13-10-7-11-5-4-6-14(11)8-10/h9-11H,3-8H2,1-2H3,(H,13,15). The molecule has 3 heteroatoms. The summed E-state index contributed by atoms with van der Waals surface area (Å²) in [5.41, 5.74) is 0. The van der Waals surface area contributed by atoms with E-state index in [0.29, 0.717) is 6.04 Å². The molecule has 2 fully saturated rings. The number of hydrogen-bond donors (Lipinski definition) is 1. The number of amides is 1. The number of rotatable bonds is 3. The van der Waals surface area contributed by atoms with Crippen molar-refractivity contribution in [3.63, 3.8) is 0 Å². The molecule has 0 radical (unpaired) electrons. The first-order chi connectivity index (χ1) is 7.20. The second-order valence-electron chi connectivity index (χ2n) is 5.04. The van der Waals surface area contributed by atoms with E-state index in [1.165, 1.54) is 25.8 Å². The van der Waals surface area contributed by atoms with Gasteiger partial charge in [-0.3, -0.25) is 9.69 Å². The van der Waals surface area contributed by atoms with Crippen LogP contribution in [0.4, 0.5) is 0 Å². The Morgan fingerprint density at radius 2 is 2.40 bits per heavy atom. The van der Waals surface area contributed by atoms with Crippen molar-refractivity contribution < 1.29 is 4.79 Å². The van der Waals surface area contributed by atoms with E-state index in [0.717, 1.165) is 19.0 Å². The van der Waals surface area contributed by atoms with Gasteiger partial charge in [0.2, 0.25) is 5.91 Å². The molecule has 0 bridgehead atoms. The van der Waals surface area contributed by atoms with Crippen molar-refractivity contribution >= 4 is 5.91 Å². The Hall–Kier alpha value is -0.570. The van der Waals surface area contributed by atoms with Crippen molar-refractivity contribution in [1.82, 2.24) is 10.2 Å². The van der Waals surface area contributed by atoms with Crippen LogP contribution in [0.15, 0.2) is 0 Å². The Morgan fingerprint density at radius 1 is 1.60 bits per heavy atom. The Balaban J connectivity index is 1.80. The van der Waals surface area contributed by atoms with E-state index in [1.54, 1.807) is 0 Å². The first kappa shape index (κ1) is 10.9. The van der Waals surface area contributed by atoms with Crippen LogP contribution in [0.1, 0.15) is 39.5 Å². The van der Waals surface area contributed by atoms with E-state index in [4.69, 9.17) is 0 Å².